The second-order valence-electron chi connectivity index (χ2n) is 10.3. The molecule has 1 atom stereocenters. The largest absolute Gasteiger partial charge is 0.261 e. The smallest absolute Gasteiger partial charge is 0.225 e. The number of nitrogens with zero attached hydrogens (tertiary/aromatic N) is 1. The Morgan fingerprint density at radius 3 is 2.35 bits per heavy atom. The third-order valence-electron chi connectivity index (χ3n) is 7.69. The number of pyridine rings is 1. The molecular weight excluding hydrogens is 525 g/mol. The van der Waals surface area contributed by atoms with Crippen molar-refractivity contribution in [1.82, 2.24) is 9.71 Å². The van der Waals surface area contributed by atoms with Crippen LogP contribution in [-0.2, 0) is 26.1 Å². The van der Waals surface area contributed by atoms with Gasteiger partial charge in [-0.15, -0.1) is 0 Å². The Morgan fingerprint density at radius 2 is 1.62 bits per heavy atom. The van der Waals surface area contributed by atoms with Crippen molar-refractivity contribution in [3.8, 4) is 0 Å². The fourth-order valence-electron chi connectivity index (χ4n) is 5.44. The van der Waals surface area contributed by atoms with Crippen molar-refractivity contribution in [1.29, 1.82) is 0 Å². The summed E-state index contributed by atoms with van der Waals surface area (Å²) in [5.74, 6) is 0.279. The van der Waals surface area contributed by atoms with Crippen LogP contribution in [0.3, 0.4) is 0 Å². The van der Waals surface area contributed by atoms with E-state index in [0.29, 0.717) is 11.3 Å². The van der Waals surface area contributed by atoms with E-state index in [0.717, 1.165) is 36.8 Å². The summed E-state index contributed by atoms with van der Waals surface area (Å²) < 4.78 is 58.6. The number of nitrogens with one attached hydrogen (secondary N) is 1. The molecule has 194 valence electrons. The molecule has 2 aromatic carbocycles. The van der Waals surface area contributed by atoms with Gasteiger partial charge in [0.05, 0.1) is 14.7 Å². The summed E-state index contributed by atoms with van der Waals surface area (Å²) in [6.07, 6.45) is 10.1. The van der Waals surface area contributed by atoms with Crippen molar-refractivity contribution in [3.63, 3.8) is 0 Å². The minimum absolute atomic E-state index is 0.136. The molecule has 1 aromatic heterocycles. The summed E-state index contributed by atoms with van der Waals surface area (Å²) in [5, 5.41) is 0.147. The maximum Gasteiger partial charge on any atom is 0.225 e. The molecule has 2 fully saturated rings. The molecule has 6 nitrogen and oxygen atoms in total. The monoisotopic (exact) mass is 554 g/mol. The van der Waals surface area contributed by atoms with Gasteiger partial charge < -0.3 is 0 Å². The average Bonchev–Trinajstić information content (AvgIpc) is 3.48. The number of fused-ring (bicyclic) bond motifs is 1. The lowest BCUT2D eigenvalue weighted by molar-refractivity contribution is 0.580. The third kappa shape index (κ3) is 4.87. The first-order valence-corrected chi connectivity index (χ1v) is 16.8. The first kappa shape index (κ1) is 25.1. The highest BCUT2D eigenvalue weighted by atomic mass is 32.2. The van der Waals surface area contributed by atoms with Crippen molar-refractivity contribution in [3.05, 3.63) is 77.5 Å². The third-order valence-corrected chi connectivity index (χ3v) is 12.6. The molecule has 0 amide bonds. The van der Waals surface area contributed by atoms with Crippen LogP contribution in [0.4, 0.5) is 0 Å². The summed E-state index contributed by atoms with van der Waals surface area (Å²) in [4.78, 5) is 3.78. The van der Waals surface area contributed by atoms with E-state index in [1.807, 2.05) is 6.07 Å². The van der Waals surface area contributed by atoms with Crippen molar-refractivity contribution in [2.24, 2.45) is 0 Å². The fourth-order valence-corrected chi connectivity index (χ4v) is 9.96. The Bertz CT molecular complexity index is 1530. The van der Waals surface area contributed by atoms with E-state index in [1.54, 1.807) is 48.3 Å². The topological polar surface area (TPSA) is 93.2 Å². The predicted octanol–water partition coefficient (Wildman–Crippen LogP) is 5.79. The standard InChI is InChI=1S/C28H30N2O4S3/c31-36(32,23-12-13-24-21(17-23)10-14-25(24)35-30-22-5-1-2-6-22)26-15-11-20(19-8-9-19)18-27(26)37(33,34)28-7-3-4-16-29-28/h3-4,7,11-13,15-19,22,25,30H,1-2,5-6,8-10,14H2. The lowest BCUT2D eigenvalue weighted by Crippen LogP contribution is -2.19. The summed E-state index contributed by atoms with van der Waals surface area (Å²) in [7, 11) is -8.20. The van der Waals surface area contributed by atoms with E-state index in [1.165, 1.54) is 49.6 Å². The minimum Gasteiger partial charge on any atom is -0.261 e. The average molecular weight is 555 g/mol. The van der Waals surface area contributed by atoms with Gasteiger partial charge in [0.15, 0.2) is 5.03 Å². The molecule has 2 saturated carbocycles. The van der Waals surface area contributed by atoms with Gasteiger partial charge in [-0.25, -0.2) is 21.8 Å². The van der Waals surface area contributed by atoms with Gasteiger partial charge in [-0.2, -0.15) is 0 Å². The quantitative estimate of drug-likeness (QED) is 0.352. The number of hydrogen-bond donors (Lipinski definition) is 1. The van der Waals surface area contributed by atoms with Crippen molar-refractivity contribution >= 4 is 31.6 Å². The Kier molecular flexibility index (Phi) is 6.67. The Morgan fingerprint density at radius 1 is 0.811 bits per heavy atom. The van der Waals surface area contributed by atoms with Gasteiger partial charge in [0.25, 0.3) is 0 Å². The number of sulfone groups is 2. The molecule has 6 rings (SSSR count). The normalized spacial score (nSPS) is 20.3. The summed E-state index contributed by atoms with van der Waals surface area (Å²) in [6.45, 7) is 0. The molecule has 1 heterocycles. The molecule has 9 heteroatoms. The zero-order chi connectivity index (χ0) is 25.6. The zero-order valence-corrected chi connectivity index (χ0v) is 22.9. The molecule has 1 unspecified atom stereocenters. The Labute approximate surface area is 223 Å². The van der Waals surface area contributed by atoms with Crippen LogP contribution in [0.15, 0.2) is 80.5 Å². The lowest BCUT2D eigenvalue weighted by atomic mass is 10.1. The van der Waals surface area contributed by atoms with Gasteiger partial charge in [0, 0.05) is 17.5 Å². The van der Waals surface area contributed by atoms with Crippen LogP contribution in [-0.4, -0.2) is 27.9 Å². The Hall–Kier alpha value is -2.20. The van der Waals surface area contributed by atoms with Gasteiger partial charge in [-0.3, -0.25) is 4.72 Å². The molecule has 37 heavy (non-hydrogen) atoms. The highest BCUT2D eigenvalue weighted by Crippen LogP contribution is 2.44. The van der Waals surface area contributed by atoms with E-state index in [9.17, 15) is 16.8 Å². The summed E-state index contributed by atoms with van der Waals surface area (Å²) in [5.41, 5.74) is 3.05. The highest BCUT2D eigenvalue weighted by Gasteiger charge is 2.34. The van der Waals surface area contributed by atoms with Gasteiger partial charge in [0.1, 0.15) is 0 Å². The van der Waals surface area contributed by atoms with Crippen molar-refractivity contribution < 1.29 is 16.8 Å². The van der Waals surface area contributed by atoms with Gasteiger partial charge in [-0.1, -0.05) is 43.0 Å². The van der Waals surface area contributed by atoms with Crippen LogP contribution in [0.1, 0.15) is 72.8 Å². The number of benzene rings is 2. The zero-order valence-electron chi connectivity index (χ0n) is 20.5. The molecule has 3 aliphatic carbocycles. The highest BCUT2D eigenvalue weighted by molar-refractivity contribution is 7.97. The van der Waals surface area contributed by atoms with Crippen LogP contribution in [0.25, 0.3) is 0 Å². The lowest BCUT2D eigenvalue weighted by Gasteiger charge is -2.17. The molecule has 0 bridgehead atoms. The fraction of sp³-hybridized carbons (Fsp3) is 0.393. The van der Waals surface area contributed by atoms with E-state index < -0.39 is 19.7 Å². The van der Waals surface area contributed by atoms with Gasteiger partial charge in [0.2, 0.25) is 19.7 Å². The van der Waals surface area contributed by atoms with Crippen molar-refractivity contribution in [2.45, 2.75) is 88.3 Å². The van der Waals surface area contributed by atoms with Crippen molar-refractivity contribution in [2.75, 3.05) is 0 Å². The number of aryl methyl sites for hydroxylation is 1. The van der Waals surface area contributed by atoms with Crippen LogP contribution < -0.4 is 4.72 Å². The summed E-state index contributed by atoms with van der Waals surface area (Å²) in [6, 6.07) is 15.3. The first-order valence-electron chi connectivity index (χ1n) is 12.9. The second kappa shape index (κ2) is 9.84. The van der Waals surface area contributed by atoms with Gasteiger partial charge >= 0.3 is 0 Å². The van der Waals surface area contributed by atoms with Crippen LogP contribution in [0.5, 0.6) is 0 Å². The molecule has 1 N–H and O–H groups in total. The maximum absolute atomic E-state index is 13.9. The maximum atomic E-state index is 13.9. The Balaban J connectivity index is 1.35. The molecular formula is C28H30N2O4S3. The minimum atomic E-state index is -4.13. The number of hydrogen-bond acceptors (Lipinski definition) is 7. The summed E-state index contributed by atoms with van der Waals surface area (Å²) >= 11 is 1.76. The predicted molar refractivity (Wildman–Crippen MR) is 144 cm³/mol. The molecule has 0 saturated heterocycles. The second-order valence-corrected chi connectivity index (χ2v) is 15.1. The molecule has 0 spiro atoms. The molecule has 0 radical (unpaired) electrons. The molecule has 0 aliphatic heterocycles. The van der Waals surface area contributed by atoms with E-state index in [2.05, 4.69) is 9.71 Å². The van der Waals surface area contributed by atoms with E-state index in [4.69, 9.17) is 0 Å². The van der Waals surface area contributed by atoms with Crippen LogP contribution in [0, 0.1) is 0 Å². The van der Waals surface area contributed by atoms with Crippen LogP contribution >= 0.6 is 11.9 Å². The number of aromatic nitrogens is 1. The van der Waals surface area contributed by atoms with E-state index >= 15 is 0 Å². The van der Waals surface area contributed by atoms with Gasteiger partial charge in [-0.05, 0) is 97.5 Å². The molecule has 3 aromatic rings. The molecule has 3 aliphatic rings. The van der Waals surface area contributed by atoms with E-state index in [-0.39, 0.29) is 25.6 Å². The van der Waals surface area contributed by atoms with Crippen LogP contribution in [0.2, 0.25) is 0 Å². The first-order chi connectivity index (χ1) is 17.8. The number of rotatable bonds is 8. The SMILES string of the molecule is O=S(=O)(c1ccc2c(c1)CCC2SNC1CCCC1)c1ccc(C2CC2)cc1S(=O)(=O)c1ccccn1.